The van der Waals surface area contributed by atoms with Crippen LogP contribution in [-0.2, 0) is 5.41 Å². The van der Waals surface area contributed by atoms with E-state index in [0.717, 1.165) is 61.2 Å². The highest BCUT2D eigenvalue weighted by Crippen LogP contribution is 2.48. The predicted molar refractivity (Wildman–Crippen MR) is 133 cm³/mol. The summed E-state index contributed by atoms with van der Waals surface area (Å²) in [7, 11) is 0. The largest absolute Gasteiger partial charge is 0.393 e. The summed E-state index contributed by atoms with van der Waals surface area (Å²) in [5.41, 5.74) is 1.58. The van der Waals surface area contributed by atoms with Gasteiger partial charge in [0.25, 0.3) is 0 Å². The molecule has 1 aliphatic heterocycles. The van der Waals surface area contributed by atoms with Gasteiger partial charge in [-0.15, -0.1) is 0 Å². The van der Waals surface area contributed by atoms with E-state index in [1.165, 1.54) is 0 Å². The lowest BCUT2D eigenvalue weighted by Crippen LogP contribution is -2.52. The van der Waals surface area contributed by atoms with Crippen molar-refractivity contribution in [2.75, 3.05) is 29.9 Å². The van der Waals surface area contributed by atoms with Crippen LogP contribution in [0.4, 0.5) is 11.8 Å². The lowest BCUT2D eigenvalue weighted by Gasteiger charge is -2.51. The van der Waals surface area contributed by atoms with E-state index in [-0.39, 0.29) is 28.5 Å². The van der Waals surface area contributed by atoms with Crippen LogP contribution < -0.4 is 15.8 Å². The number of piperidine rings is 1. The normalized spacial score (nSPS) is 23.0. The Balaban J connectivity index is 1.47. The van der Waals surface area contributed by atoms with Crippen molar-refractivity contribution in [2.24, 2.45) is 5.41 Å². The van der Waals surface area contributed by atoms with E-state index in [2.05, 4.69) is 48.0 Å². The van der Waals surface area contributed by atoms with Gasteiger partial charge in [-0.1, -0.05) is 13.8 Å². The smallest absolute Gasteiger partial charge is 0.248 e. The second-order valence-electron chi connectivity index (χ2n) is 11.1. The van der Waals surface area contributed by atoms with E-state index < -0.39 is 0 Å². The molecule has 34 heavy (non-hydrogen) atoms. The minimum absolute atomic E-state index is 0.105. The first-order valence-corrected chi connectivity index (χ1v) is 12.3. The number of aromatic amines is 1. The molecule has 0 aromatic carbocycles. The van der Waals surface area contributed by atoms with Gasteiger partial charge in [0.05, 0.1) is 17.7 Å². The first-order chi connectivity index (χ1) is 16.2. The molecular formula is C25H35N7O2. The van der Waals surface area contributed by atoms with Crippen molar-refractivity contribution in [2.45, 2.75) is 70.9 Å². The van der Waals surface area contributed by atoms with Gasteiger partial charge in [-0.25, -0.2) is 4.68 Å². The van der Waals surface area contributed by atoms with E-state index in [1.54, 1.807) is 12.3 Å². The molecule has 1 spiro atoms. The Morgan fingerprint density at radius 2 is 2.12 bits per heavy atom. The van der Waals surface area contributed by atoms with Crippen LogP contribution in [0.3, 0.4) is 0 Å². The summed E-state index contributed by atoms with van der Waals surface area (Å²) in [6.07, 6.45) is 7.40. The summed E-state index contributed by atoms with van der Waals surface area (Å²) in [5, 5.41) is 19.0. The van der Waals surface area contributed by atoms with Gasteiger partial charge in [0.1, 0.15) is 5.82 Å². The molecule has 5 rings (SSSR count). The summed E-state index contributed by atoms with van der Waals surface area (Å²) in [4.78, 5) is 26.7. The SMILES string of the molecule is CC(C)n1ncc2c(N3CCCC4(CC(O)C4)C3)nc(NCC(C)(C)c3cc[nH]c(=O)c3)nc21. The Labute approximate surface area is 199 Å². The monoisotopic (exact) mass is 465 g/mol. The van der Waals surface area contributed by atoms with Gasteiger partial charge in [0.15, 0.2) is 5.65 Å². The number of nitrogens with zero attached hydrogens (tertiary/aromatic N) is 5. The number of fused-ring (bicyclic) bond motifs is 1. The molecule has 1 saturated heterocycles. The first kappa shape index (κ1) is 22.8. The zero-order chi connectivity index (χ0) is 24.1. The summed E-state index contributed by atoms with van der Waals surface area (Å²) < 4.78 is 1.94. The quantitative estimate of drug-likeness (QED) is 0.512. The second-order valence-corrected chi connectivity index (χ2v) is 11.1. The Bertz CT molecular complexity index is 1230. The van der Waals surface area contributed by atoms with Crippen molar-refractivity contribution >= 4 is 22.8 Å². The number of aliphatic hydroxyl groups is 1. The van der Waals surface area contributed by atoms with Crippen molar-refractivity contribution in [3.05, 3.63) is 40.4 Å². The lowest BCUT2D eigenvalue weighted by molar-refractivity contribution is -0.0396. The van der Waals surface area contributed by atoms with Crippen LogP contribution in [0.2, 0.25) is 0 Å². The van der Waals surface area contributed by atoms with Crippen molar-refractivity contribution in [3.8, 4) is 0 Å². The third kappa shape index (κ3) is 4.17. The molecule has 3 N–H and O–H groups in total. The molecule has 2 aliphatic rings. The molecule has 2 fully saturated rings. The molecule has 0 bridgehead atoms. The number of aromatic nitrogens is 5. The minimum Gasteiger partial charge on any atom is -0.393 e. The van der Waals surface area contributed by atoms with Gasteiger partial charge in [-0.3, -0.25) is 4.79 Å². The molecule has 4 heterocycles. The van der Waals surface area contributed by atoms with E-state index in [1.807, 2.05) is 16.9 Å². The van der Waals surface area contributed by atoms with Gasteiger partial charge < -0.3 is 20.3 Å². The second kappa shape index (κ2) is 8.37. The fourth-order valence-electron chi connectivity index (χ4n) is 5.54. The molecule has 182 valence electrons. The molecule has 3 aromatic rings. The number of anilines is 2. The highest BCUT2D eigenvalue weighted by Gasteiger charge is 2.46. The third-order valence-corrected chi connectivity index (χ3v) is 7.47. The minimum atomic E-state index is -0.289. The lowest BCUT2D eigenvalue weighted by atomic mass is 9.62. The summed E-state index contributed by atoms with van der Waals surface area (Å²) in [5.74, 6) is 1.48. The maximum absolute atomic E-state index is 11.8. The van der Waals surface area contributed by atoms with Crippen LogP contribution in [0.25, 0.3) is 11.0 Å². The van der Waals surface area contributed by atoms with Crippen molar-refractivity contribution in [1.82, 2.24) is 24.7 Å². The van der Waals surface area contributed by atoms with Gasteiger partial charge in [0.2, 0.25) is 11.5 Å². The fourth-order valence-corrected chi connectivity index (χ4v) is 5.54. The summed E-state index contributed by atoms with van der Waals surface area (Å²) in [6, 6.07) is 3.76. The van der Waals surface area contributed by atoms with Crippen molar-refractivity contribution < 1.29 is 5.11 Å². The Kier molecular flexibility index (Phi) is 5.62. The number of hydrogen-bond donors (Lipinski definition) is 3. The summed E-state index contributed by atoms with van der Waals surface area (Å²) in [6.45, 7) is 10.8. The number of nitrogens with one attached hydrogen (secondary N) is 2. The Morgan fingerprint density at radius 1 is 1.32 bits per heavy atom. The number of aliphatic hydroxyl groups excluding tert-OH is 1. The molecule has 0 amide bonds. The van der Waals surface area contributed by atoms with Gasteiger partial charge in [-0.05, 0) is 56.6 Å². The average Bonchev–Trinajstić information content (AvgIpc) is 3.21. The average molecular weight is 466 g/mol. The molecule has 0 atom stereocenters. The molecule has 0 unspecified atom stereocenters. The van der Waals surface area contributed by atoms with Gasteiger partial charge in [-0.2, -0.15) is 15.1 Å². The molecule has 1 saturated carbocycles. The first-order valence-electron chi connectivity index (χ1n) is 12.3. The molecule has 0 radical (unpaired) electrons. The predicted octanol–water partition coefficient (Wildman–Crippen LogP) is 3.23. The van der Waals surface area contributed by atoms with Crippen LogP contribution >= 0.6 is 0 Å². The number of rotatable bonds is 6. The van der Waals surface area contributed by atoms with Gasteiger partial charge >= 0.3 is 0 Å². The standard InChI is InChI=1S/C25H35N7O2/c1-16(2)32-22-19(13-28-32)21(31-9-5-7-25(15-31)11-18(33)12-25)29-23(30-22)27-14-24(3,4)17-6-8-26-20(34)10-17/h6,8,10,13,16,18,33H,5,7,9,11-12,14-15H2,1-4H3,(H,26,34)(H,27,29,30). The van der Waals surface area contributed by atoms with Crippen molar-refractivity contribution in [1.29, 1.82) is 0 Å². The number of hydrogen-bond acceptors (Lipinski definition) is 7. The van der Waals surface area contributed by atoms with Crippen molar-refractivity contribution in [3.63, 3.8) is 0 Å². The zero-order valence-electron chi connectivity index (χ0n) is 20.5. The molecule has 9 nitrogen and oxygen atoms in total. The highest BCUT2D eigenvalue weighted by molar-refractivity contribution is 5.88. The number of pyridine rings is 1. The molecule has 3 aromatic heterocycles. The van der Waals surface area contributed by atoms with Crippen LogP contribution in [0.1, 0.15) is 65.0 Å². The topological polar surface area (TPSA) is 112 Å². The van der Waals surface area contributed by atoms with E-state index >= 15 is 0 Å². The van der Waals surface area contributed by atoms with E-state index in [4.69, 9.17) is 9.97 Å². The van der Waals surface area contributed by atoms with Gasteiger partial charge in [0, 0.05) is 43.4 Å². The molecule has 1 aliphatic carbocycles. The van der Waals surface area contributed by atoms with Crippen LogP contribution in [0.15, 0.2) is 29.3 Å². The summed E-state index contributed by atoms with van der Waals surface area (Å²) >= 11 is 0. The maximum atomic E-state index is 11.8. The molecular weight excluding hydrogens is 430 g/mol. The third-order valence-electron chi connectivity index (χ3n) is 7.47. The Morgan fingerprint density at radius 3 is 2.82 bits per heavy atom. The van der Waals surface area contributed by atoms with Crippen LogP contribution in [0, 0.1) is 5.41 Å². The maximum Gasteiger partial charge on any atom is 0.248 e. The zero-order valence-corrected chi connectivity index (χ0v) is 20.5. The Hall–Kier alpha value is -2.94. The molecule has 9 heteroatoms. The van der Waals surface area contributed by atoms with E-state index in [0.29, 0.717) is 12.5 Å². The number of H-pyrrole nitrogens is 1. The van der Waals surface area contributed by atoms with Crippen LogP contribution in [0.5, 0.6) is 0 Å². The van der Waals surface area contributed by atoms with Crippen LogP contribution in [-0.4, -0.2) is 55.6 Å². The highest BCUT2D eigenvalue weighted by atomic mass is 16.3. The van der Waals surface area contributed by atoms with E-state index in [9.17, 15) is 9.90 Å². The fraction of sp³-hybridized carbons (Fsp3) is 0.600.